The number of aromatic nitrogens is 1. The molecule has 0 aliphatic carbocycles. The Morgan fingerprint density at radius 1 is 1.00 bits per heavy atom. The molecule has 0 saturated heterocycles. The first-order chi connectivity index (χ1) is 12.6. The van der Waals surface area contributed by atoms with Gasteiger partial charge in [-0.3, -0.25) is 0 Å². The third-order valence-electron chi connectivity index (χ3n) is 4.27. The molecule has 0 fully saturated rings. The number of nitrogens with zero attached hydrogens (tertiary/aromatic N) is 1. The lowest BCUT2D eigenvalue weighted by molar-refractivity contribution is 0.185. The second-order valence-corrected chi connectivity index (χ2v) is 7.70. The summed E-state index contributed by atoms with van der Waals surface area (Å²) in [6.07, 6.45) is 3.20. The first kappa shape index (κ1) is 16.6. The maximum atomic E-state index is 13.1. The van der Waals surface area contributed by atoms with Crippen molar-refractivity contribution in [2.45, 2.75) is 11.5 Å². The second-order valence-electron chi connectivity index (χ2n) is 5.88. The second kappa shape index (κ2) is 6.48. The van der Waals surface area contributed by atoms with E-state index in [-0.39, 0.29) is 4.90 Å². The molecule has 0 N–H and O–H groups in total. The van der Waals surface area contributed by atoms with Crippen molar-refractivity contribution in [2.75, 3.05) is 7.11 Å². The summed E-state index contributed by atoms with van der Waals surface area (Å²) in [5.74, 6) is 0.616. The average Bonchev–Trinajstić information content (AvgIpc) is 3.27. The first-order valence-electron chi connectivity index (χ1n) is 8.09. The van der Waals surface area contributed by atoms with Crippen molar-refractivity contribution in [3.63, 3.8) is 0 Å². The molecule has 0 aliphatic rings. The minimum Gasteiger partial charge on any atom is -0.464 e. The monoisotopic (exact) mass is 367 g/mol. The van der Waals surface area contributed by atoms with Crippen LogP contribution in [0.1, 0.15) is 5.56 Å². The Hall–Kier alpha value is -2.83. The molecule has 0 aliphatic heterocycles. The van der Waals surface area contributed by atoms with Gasteiger partial charge in [-0.05, 0) is 24.3 Å². The van der Waals surface area contributed by atoms with E-state index in [0.29, 0.717) is 17.9 Å². The first-order valence-corrected chi connectivity index (χ1v) is 9.53. The van der Waals surface area contributed by atoms with Crippen molar-refractivity contribution in [3.8, 4) is 11.3 Å². The molecule has 0 saturated carbocycles. The largest absolute Gasteiger partial charge is 0.464 e. The van der Waals surface area contributed by atoms with Crippen LogP contribution < -0.4 is 0 Å². The van der Waals surface area contributed by atoms with Crippen LogP contribution in [0.25, 0.3) is 22.2 Å². The molecule has 0 amide bonds. The van der Waals surface area contributed by atoms with Gasteiger partial charge < -0.3 is 9.15 Å². The zero-order valence-corrected chi connectivity index (χ0v) is 14.9. The van der Waals surface area contributed by atoms with Crippen molar-refractivity contribution in [3.05, 3.63) is 78.7 Å². The minimum absolute atomic E-state index is 0.240. The lowest BCUT2D eigenvalue weighted by atomic mass is 10.1. The molecule has 0 unspecified atom stereocenters. The van der Waals surface area contributed by atoms with Gasteiger partial charge in [-0.1, -0.05) is 36.4 Å². The van der Waals surface area contributed by atoms with E-state index in [4.69, 9.17) is 9.15 Å². The van der Waals surface area contributed by atoms with E-state index >= 15 is 0 Å². The lowest BCUT2D eigenvalue weighted by Gasteiger charge is -2.07. The van der Waals surface area contributed by atoms with Crippen LogP contribution >= 0.6 is 0 Å². The maximum absolute atomic E-state index is 13.1. The van der Waals surface area contributed by atoms with Crippen molar-refractivity contribution in [2.24, 2.45) is 0 Å². The smallest absolute Gasteiger partial charge is 0.268 e. The highest BCUT2D eigenvalue weighted by atomic mass is 32.2. The molecule has 0 atom stereocenters. The van der Waals surface area contributed by atoms with Gasteiger partial charge in [0.25, 0.3) is 10.0 Å². The summed E-state index contributed by atoms with van der Waals surface area (Å²) in [6.45, 7) is 0.386. The Morgan fingerprint density at radius 2 is 1.73 bits per heavy atom. The summed E-state index contributed by atoms with van der Waals surface area (Å²) >= 11 is 0. The molecule has 0 bridgehead atoms. The summed E-state index contributed by atoms with van der Waals surface area (Å²) in [4.78, 5) is 0.240. The highest BCUT2D eigenvalue weighted by Crippen LogP contribution is 2.35. The molecule has 2 heterocycles. The summed E-state index contributed by atoms with van der Waals surface area (Å²) in [5.41, 5.74) is 2.19. The van der Waals surface area contributed by atoms with Crippen LogP contribution in [-0.4, -0.2) is 19.5 Å². The van der Waals surface area contributed by atoms with Gasteiger partial charge in [0.2, 0.25) is 0 Å². The van der Waals surface area contributed by atoms with Crippen molar-refractivity contribution in [1.29, 1.82) is 0 Å². The fraction of sp³-hybridized carbons (Fsp3) is 0.100. The van der Waals surface area contributed by atoms with Gasteiger partial charge in [0.05, 0.1) is 23.3 Å². The summed E-state index contributed by atoms with van der Waals surface area (Å²) in [5, 5.41) is 0.805. The van der Waals surface area contributed by atoms with Crippen LogP contribution in [-0.2, 0) is 21.4 Å². The number of para-hydroxylation sites is 1. The average molecular weight is 367 g/mol. The molecule has 5 nitrogen and oxygen atoms in total. The van der Waals surface area contributed by atoms with E-state index in [2.05, 4.69) is 0 Å². The van der Waals surface area contributed by atoms with Gasteiger partial charge in [-0.15, -0.1) is 0 Å². The molecular formula is C20H17NO4S. The molecule has 26 heavy (non-hydrogen) atoms. The van der Waals surface area contributed by atoms with E-state index in [9.17, 15) is 8.42 Å². The fourth-order valence-corrected chi connectivity index (χ4v) is 4.47. The third-order valence-corrected chi connectivity index (χ3v) is 5.96. The fourth-order valence-electron chi connectivity index (χ4n) is 3.08. The zero-order valence-electron chi connectivity index (χ0n) is 14.1. The van der Waals surface area contributed by atoms with Gasteiger partial charge in [-0.25, -0.2) is 12.4 Å². The number of ether oxygens (including phenoxy) is 1. The highest BCUT2D eigenvalue weighted by molar-refractivity contribution is 7.90. The number of furan rings is 1. The number of rotatable bonds is 5. The quantitative estimate of drug-likeness (QED) is 0.528. The third kappa shape index (κ3) is 2.64. The van der Waals surface area contributed by atoms with Crippen molar-refractivity contribution >= 4 is 20.9 Å². The van der Waals surface area contributed by atoms with Crippen LogP contribution in [0.2, 0.25) is 0 Å². The molecule has 2 aromatic heterocycles. The van der Waals surface area contributed by atoms with Gasteiger partial charge in [0.15, 0.2) is 0 Å². The molecule has 0 spiro atoms. The topological polar surface area (TPSA) is 61.4 Å². The molecule has 6 heteroatoms. The number of methoxy groups -OCH3 is 1. The van der Waals surface area contributed by atoms with Crippen LogP contribution in [0, 0.1) is 0 Å². The van der Waals surface area contributed by atoms with E-state index < -0.39 is 10.0 Å². The predicted octanol–water partition coefficient (Wildman–Crippen LogP) is 4.28. The normalized spacial score (nSPS) is 11.9. The Kier molecular flexibility index (Phi) is 4.14. The van der Waals surface area contributed by atoms with Crippen LogP contribution in [0.5, 0.6) is 0 Å². The van der Waals surface area contributed by atoms with E-state index in [1.54, 1.807) is 56.0 Å². The number of fused-ring (bicyclic) bond motifs is 1. The summed E-state index contributed by atoms with van der Waals surface area (Å²) < 4.78 is 38.5. The SMILES string of the molecule is COCc1ccoc1-c1cn(S(=O)(=O)c2ccccc2)c2ccccc12. The van der Waals surface area contributed by atoms with Crippen molar-refractivity contribution < 1.29 is 17.6 Å². The van der Waals surface area contributed by atoms with Crippen LogP contribution in [0.15, 0.2) is 82.4 Å². The molecular weight excluding hydrogens is 350 g/mol. The minimum atomic E-state index is -3.72. The maximum Gasteiger partial charge on any atom is 0.268 e. The highest BCUT2D eigenvalue weighted by Gasteiger charge is 2.23. The van der Waals surface area contributed by atoms with Crippen LogP contribution in [0.4, 0.5) is 0 Å². The van der Waals surface area contributed by atoms with E-state index in [1.165, 1.54) is 3.97 Å². The number of hydrogen-bond donors (Lipinski definition) is 0. The number of benzene rings is 2. The van der Waals surface area contributed by atoms with E-state index in [1.807, 2.05) is 24.3 Å². The Labute approximate surface area is 151 Å². The van der Waals surface area contributed by atoms with Gasteiger partial charge in [0, 0.05) is 29.8 Å². The Bertz CT molecular complexity index is 1160. The summed E-state index contributed by atoms with van der Waals surface area (Å²) in [6, 6.07) is 17.6. The van der Waals surface area contributed by atoms with Gasteiger partial charge in [-0.2, -0.15) is 0 Å². The van der Waals surface area contributed by atoms with Gasteiger partial charge >= 0.3 is 0 Å². The zero-order chi connectivity index (χ0) is 18.1. The number of hydrogen-bond acceptors (Lipinski definition) is 4. The molecule has 4 aromatic rings. The summed E-state index contributed by atoms with van der Waals surface area (Å²) in [7, 11) is -2.11. The molecule has 4 rings (SSSR count). The van der Waals surface area contributed by atoms with Gasteiger partial charge in [0.1, 0.15) is 5.76 Å². The standard InChI is InChI=1S/C20H17NO4S/c1-24-14-15-11-12-25-20(15)18-13-21(19-10-6-5-9-17(18)19)26(22,23)16-7-3-2-4-8-16/h2-13H,14H2,1H3. The van der Waals surface area contributed by atoms with Crippen molar-refractivity contribution in [1.82, 2.24) is 3.97 Å². The Morgan fingerprint density at radius 3 is 2.50 bits per heavy atom. The lowest BCUT2D eigenvalue weighted by Crippen LogP contribution is -2.11. The van der Waals surface area contributed by atoms with E-state index in [0.717, 1.165) is 16.5 Å². The molecule has 132 valence electrons. The van der Waals surface area contributed by atoms with Crippen LogP contribution in [0.3, 0.4) is 0 Å². The Balaban J connectivity index is 1.97. The molecule has 0 radical (unpaired) electrons. The molecule has 2 aromatic carbocycles. The predicted molar refractivity (Wildman–Crippen MR) is 99.4 cm³/mol.